The molecule has 0 atom stereocenters. The van der Waals surface area contributed by atoms with Crippen molar-refractivity contribution in [3.05, 3.63) is 91.4 Å². The van der Waals surface area contributed by atoms with E-state index in [-0.39, 0.29) is 33.7 Å². The van der Waals surface area contributed by atoms with Gasteiger partial charge in [-0.05, 0) is 65.7 Å². The molecule has 0 unspecified atom stereocenters. The molecule has 0 aliphatic heterocycles. The fraction of sp³-hybridized carbons (Fsp3) is 0.0435. The van der Waals surface area contributed by atoms with E-state index in [0.29, 0.717) is 21.3 Å². The first-order valence-corrected chi connectivity index (χ1v) is 10.6. The number of hydrogen-bond donors (Lipinski definition) is 2. The smallest absolute Gasteiger partial charge is 0.266 e. The number of phenolic OH excluding ortho intramolecular Hbond substituents is 1. The standard InChI is InChI=1S/C23H14Cl4N2O3/c24-18-6-1-13(8-19(18)25)12-32-22-20(26)9-14(10-21(22)27)7-15(11-28)23(31)29-16-2-4-17(30)5-3-16/h1-10,30H,12H2,(H,29,31)/b15-7+. The fourth-order valence-electron chi connectivity index (χ4n) is 2.64. The number of halogens is 4. The van der Waals surface area contributed by atoms with E-state index in [2.05, 4.69) is 5.32 Å². The SMILES string of the molecule is N#C/C(=C\c1cc(Cl)c(OCc2ccc(Cl)c(Cl)c2)c(Cl)c1)C(=O)Nc1ccc(O)cc1. The van der Waals surface area contributed by atoms with Crippen molar-refractivity contribution in [3.8, 4) is 17.6 Å². The van der Waals surface area contributed by atoms with E-state index < -0.39 is 5.91 Å². The van der Waals surface area contributed by atoms with Gasteiger partial charge in [-0.3, -0.25) is 4.79 Å². The number of amides is 1. The average molecular weight is 508 g/mol. The highest BCUT2D eigenvalue weighted by Gasteiger charge is 2.13. The first kappa shape index (κ1) is 23.8. The minimum atomic E-state index is -0.620. The van der Waals surface area contributed by atoms with E-state index in [1.54, 1.807) is 18.2 Å². The van der Waals surface area contributed by atoms with Gasteiger partial charge in [-0.25, -0.2) is 0 Å². The monoisotopic (exact) mass is 506 g/mol. The van der Waals surface area contributed by atoms with Crippen LogP contribution in [0.5, 0.6) is 11.5 Å². The van der Waals surface area contributed by atoms with Crippen molar-refractivity contribution in [2.24, 2.45) is 0 Å². The Balaban J connectivity index is 1.76. The molecule has 0 spiro atoms. The van der Waals surface area contributed by atoms with Crippen LogP contribution in [0.3, 0.4) is 0 Å². The molecule has 0 saturated carbocycles. The Bertz CT molecular complexity index is 1210. The summed E-state index contributed by atoms with van der Waals surface area (Å²) in [6, 6.07) is 15.9. The molecule has 5 nitrogen and oxygen atoms in total. The lowest BCUT2D eigenvalue weighted by Crippen LogP contribution is -2.13. The molecule has 3 aromatic rings. The second kappa shape index (κ2) is 10.6. The van der Waals surface area contributed by atoms with Gasteiger partial charge in [-0.1, -0.05) is 52.5 Å². The minimum Gasteiger partial charge on any atom is -0.508 e. The maximum absolute atomic E-state index is 12.4. The number of nitrogens with zero attached hydrogens (tertiary/aromatic N) is 1. The molecule has 3 rings (SSSR count). The molecule has 9 heteroatoms. The highest BCUT2D eigenvalue weighted by atomic mass is 35.5. The molecule has 2 N–H and O–H groups in total. The highest BCUT2D eigenvalue weighted by Crippen LogP contribution is 2.36. The third-order valence-electron chi connectivity index (χ3n) is 4.19. The highest BCUT2D eigenvalue weighted by molar-refractivity contribution is 6.42. The van der Waals surface area contributed by atoms with E-state index in [1.807, 2.05) is 6.07 Å². The summed E-state index contributed by atoms with van der Waals surface area (Å²) in [6.07, 6.45) is 1.36. The predicted molar refractivity (Wildman–Crippen MR) is 128 cm³/mol. The summed E-state index contributed by atoms with van der Waals surface area (Å²) in [5.41, 5.74) is 1.48. The van der Waals surface area contributed by atoms with Crippen LogP contribution in [0.25, 0.3) is 6.08 Å². The zero-order valence-corrected chi connectivity index (χ0v) is 19.2. The lowest BCUT2D eigenvalue weighted by atomic mass is 10.1. The summed E-state index contributed by atoms with van der Waals surface area (Å²) < 4.78 is 5.72. The zero-order valence-electron chi connectivity index (χ0n) is 16.2. The molecular weight excluding hydrogens is 494 g/mol. The van der Waals surface area contributed by atoms with Crippen LogP contribution in [0, 0.1) is 11.3 Å². The van der Waals surface area contributed by atoms with Gasteiger partial charge in [0.05, 0.1) is 20.1 Å². The Hall–Kier alpha value is -2.88. The Morgan fingerprint density at radius 3 is 2.22 bits per heavy atom. The van der Waals surface area contributed by atoms with Gasteiger partial charge < -0.3 is 15.2 Å². The molecule has 162 valence electrons. The third-order valence-corrected chi connectivity index (χ3v) is 5.49. The Labute approximate surface area is 204 Å². The van der Waals surface area contributed by atoms with E-state index in [4.69, 9.17) is 51.1 Å². The maximum Gasteiger partial charge on any atom is 0.266 e. The van der Waals surface area contributed by atoms with E-state index in [1.165, 1.54) is 42.5 Å². The molecule has 0 aliphatic rings. The van der Waals surface area contributed by atoms with E-state index in [9.17, 15) is 15.2 Å². The zero-order chi connectivity index (χ0) is 23.3. The van der Waals surface area contributed by atoms with Crippen molar-refractivity contribution in [2.75, 3.05) is 5.32 Å². The maximum atomic E-state index is 12.4. The first-order valence-electron chi connectivity index (χ1n) is 9.05. The number of nitriles is 1. The molecule has 0 aliphatic carbocycles. The van der Waals surface area contributed by atoms with E-state index >= 15 is 0 Å². The Morgan fingerprint density at radius 2 is 1.62 bits per heavy atom. The Kier molecular flexibility index (Phi) is 7.89. The molecule has 0 aromatic heterocycles. The summed E-state index contributed by atoms with van der Waals surface area (Å²) in [5.74, 6) is -0.307. The van der Waals surface area contributed by atoms with Crippen molar-refractivity contribution in [3.63, 3.8) is 0 Å². The fourth-order valence-corrected chi connectivity index (χ4v) is 3.58. The first-order chi connectivity index (χ1) is 15.3. The normalized spacial score (nSPS) is 11.0. The number of aromatic hydroxyl groups is 1. The molecule has 3 aromatic carbocycles. The van der Waals surface area contributed by atoms with Crippen molar-refractivity contribution >= 4 is 64.1 Å². The van der Waals surface area contributed by atoms with Gasteiger partial charge in [0, 0.05) is 5.69 Å². The minimum absolute atomic E-state index is 0.0600. The number of carbonyl (C=O) groups is 1. The number of hydrogen-bond acceptors (Lipinski definition) is 4. The number of anilines is 1. The lowest BCUT2D eigenvalue weighted by Gasteiger charge is -2.12. The number of ether oxygens (including phenoxy) is 1. The number of nitrogens with one attached hydrogen (secondary N) is 1. The van der Waals surface area contributed by atoms with Gasteiger partial charge in [-0.2, -0.15) is 5.26 Å². The lowest BCUT2D eigenvalue weighted by molar-refractivity contribution is -0.112. The summed E-state index contributed by atoms with van der Waals surface area (Å²) in [6.45, 7) is 0.157. The van der Waals surface area contributed by atoms with Crippen LogP contribution in [0.4, 0.5) is 5.69 Å². The van der Waals surface area contributed by atoms with Crippen LogP contribution in [0.2, 0.25) is 20.1 Å². The molecule has 0 bridgehead atoms. The van der Waals surface area contributed by atoms with Crippen molar-refractivity contribution in [2.45, 2.75) is 6.61 Å². The number of phenols is 1. The largest absolute Gasteiger partial charge is 0.508 e. The van der Waals surface area contributed by atoms with Crippen molar-refractivity contribution in [1.29, 1.82) is 5.26 Å². The van der Waals surface area contributed by atoms with Crippen LogP contribution in [-0.4, -0.2) is 11.0 Å². The second-order valence-electron chi connectivity index (χ2n) is 6.52. The van der Waals surface area contributed by atoms with Crippen LogP contribution < -0.4 is 10.1 Å². The van der Waals surface area contributed by atoms with Gasteiger partial charge in [0.25, 0.3) is 5.91 Å². The van der Waals surface area contributed by atoms with Crippen LogP contribution in [0.15, 0.2) is 60.2 Å². The number of rotatable bonds is 6. The Morgan fingerprint density at radius 1 is 0.969 bits per heavy atom. The molecule has 0 saturated heterocycles. The summed E-state index contributed by atoms with van der Waals surface area (Å²) in [5, 5.41) is 22.5. The second-order valence-corrected chi connectivity index (χ2v) is 8.15. The quantitative estimate of drug-likeness (QED) is 0.211. The molecule has 0 radical (unpaired) electrons. The van der Waals surface area contributed by atoms with Crippen LogP contribution in [0.1, 0.15) is 11.1 Å². The van der Waals surface area contributed by atoms with E-state index in [0.717, 1.165) is 5.56 Å². The number of carbonyl (C=O) groups excluding carboxylic acids is 1. The van der Waals surface area contributed by atoms with Crippen LogP contribution >= 0.6 is 46.4 Å². The molecule has 0 fully saturated rings. The number of benzene rings is 3. The molecular formula is C23H14Cl4N2O3. The van der Waals surface area contributed by atoms with Gasteiger partial charge in [0.1, 0.15) is 24.0 Å². The third kappa shape index (κ3) is 6.09. The van der Waals surface area contributed by atoms with Crippen molar-refractivity contribution < 1.29 is 14.6 Å². The van der Waals surface area contributed by atoms with Gasteiger partial charge in [-0.15, -0.1) is 0 Å². The van der Waals surface area contributed by atoms with Gasteiger partial charge in [0.2, 0.25) is 0 Å². The van der Waals surface area contributed by atoms with Crippen molar-refractivity contribution in [1.82, 2.24) is 0 Å². The van der Waals surface area contributed by atoms with Gasteiger partial charge in [0.15, 0.2) is 5.75 Å². The van der Waals surface area contributed by atoms with Crippen LogP contribution in [-0.2, 0) is 11.4 Å². The molecule has 32 heavy (non-hydrogen) atoms. The molecule has 1 amide bonds. The summed E-state index contributed by atoms with van der Waals surface area (Å²) in [4.78, 5) is 12.4. The predicted octanol–water partition coefficient (Wildman–Crippen LogP) is 7.13. The summed E-state index contributed by atoms with van der Waals surface area (Å²) in [7, 11) is 0. The summed E-state index contributed by atoms with van der Waals surface area (Å²) >= 11 is 24.5. The molecule has 0 heterocycles. The topological polar surface area (TPSA) is 82.3 Å². The average Bonchev–Trinajstić information content (AvgIpc) is 2.75. The van der Waals surface area contributed by atoms with Gasteiger partial charge >= 0.3 is 0 Å².